The van der Waals surface area contributed by atoms with Gasteiger partial charge in [0.1, 0.15) is 5.65 Å². The lowest BCUT2D eigenvalue weighted by Crippen LogP contribution is -2.40. The predicted molar refractivity (Wildman–Crippen MR) is 128 cm³/mol. The van der Waals surface area contributed by atoms with Gasteiger partial charge in [-0.25, -0.2) is 4.98 Å². The Bertz CT molecular complexity index is 1210. The lowest BCUT2D eigenvalue weighted by atomic mass is 10.0. The second-order valence-electron chi connectivity index (χ2n) is 8.22. The van der Waals surface area contributed by atoms with E-state index in [4.69, 9.17) is 22.1 Å². The van der Waals surface area contributed by atoms with Crippen molar-refractivity contribution < 1.29 is 0 Å². The third-order valence-electron chi connectivity index (χ3n) is 6.15. The Labute approximate surface area is 192 Å². The number of aromatic nitrogens is 2. The minimum atomic E-state index is 0.284. The van der Waals surface area contributed by atoms with Crippen molar-refractivity contribution in [2.45, 2.75) is 25.4 Å². The van der Waals surface area contributed by atoms with Crippen molar-refractivity contribution in [3.8, 4) is 22.4 Å². The van der Waals surface area contributed by atoms with Crippen LogP contribution in [-0.2, 0) is 6.54 Å². The highest BCUT2D eigenvalue weighted by Crippen LogP contribution is 2.29. The predicted octanol–water partition coefficient (Wildman–Crippen LogP) is 5.82. The van der Waals surface area contributed by atoms with Gasteiger partial charge < -0.3 is 4.40 Å². The number of hydrogen-bond acceptors (Lipinski definition) is 4. The molecule has 4 aromatic rings. The van der Waals surface area contributed by atoms with Gasteiger partial charge in [0.2, 0.25) is 0 Å². The van der Waals surface area contributed by atoms with Crippen molar-refractivity contribution >= 4 is 17.2 Å². The second kappa shape index (κ2) is 9.10. The highest BCUT2D eigenvalue weighted by Gasteiger charge is 2.22. The van der Waals surface area contributed by atoms with Gasteiger partial charge in [-0.2, -0.15) is 5.53 Å². The first-order chi connectivity index (χ1) is 15.7. The Hall–Kier alpha value is -3.22. The number of fused-ring (bicyclic) bond motifs is 1. The summed E-state index contributed by atoms with van der Waals surface area (Å²) >= 11 is 6.14. The first-order valence-electron chi connectivity index (χ1n) is 10.9. The van der Waals surface area contributed by atoms with Crippen LogP contribution < -0.4 is 5.43 Å². The summed E-state index contributed by atoms with van der Waals surface area (Å²) in [6.07, 6.45) is 4.15. The molecule has 0 amide bonds. The zero-order valence-corrected chi connectivity index (χ0v) is 18.5. The fourth-order valence-electron chi connectivity index (χ4n) is 4.41. The first kappa shape index (κ1) is 20.7. The number of imidazole rings is 1. The van der Waals surface area contributed by atoms with Crippen LogP contribution in [0.4, 0.5) is 0 Å². The molecule has 5 rings (SSSR count). The van der Waals surface area contributed by atoms with Gasteiger partial charge in [-0.15, -0.1) is 0 Å². The lowest BCUT2D eigenvalue weighted by Gasteiger charge is -2.31. The number of likely N-dealkylation sites (tertiary alicyclic amines) is 1. The molecule has 1 fully saturated rings. The fourth-order valence-corrected chi connectivity index (χ4v) is 4.53. The molecule has 0 spiro atoms. The summed E-state index contributed by atoms with van der Waals surface area (Å²) < 4.78 is 2.23. The molecule has 32 heavy (non-hydrogen) atoms. The maximum absolute atomic E-state index is 7.05. The first-order valence-corrected chi connectivity index (χ1v) is 11.3. The van der Waals surface area contributed by atoms with Crippen molar-refractivity contribution in [1.29, 1.82) is 5.53 Å². The van der Waals surface area contributed by atoms with Gasteiger partial charge in [-0.3, -0.25) is 10.3 Å². The lowest BCUT2D eigenvalue weighted by molar-refractivity contribution is 0.188. The molecular formula is C25H25ClN6. The zero-order valence-electron chi connectivity index (χ0n) is 17.7. The van der Waals surface area contributed by atoms with Gasteiger partial charge in [0.25, 0.3) is 0 Å². The second-order valence-corrected chi connectivity index (χ2v) is 8.65. The van der Waals surface area contributed by atoms with E-state index in [1.807, 2.05) is 30.3 Å². The third-order valence-corrected chi connectivity index (χ3v) is 6.40. The number of nitrogens with one attached hydrogen (secondary N) is 2. The molecule has 1 aliphatic rings. The van der Waals surface area contributed by atoms with E-state index in [2.05, 4.69) is 62.5 Å². The van der Waals surface area contributed by atoms with E-state index in [9.17, 15) is 0 Å². The molecule has 0 atom stereocenters. The summed E-state index contributed by atoms with van der Waals surface area (Å²) in [6.45, 7) is 2.72. The SMILES string of the molecule is N=NNC1CCN(Cc2c(-c3ccc(Cl)cc3)nc3ccc(-c4ccccc4)cn23)CC1. The van der Waals surface area contributed by atoms with Crippen LogP contribution in [0.25, 0.3) is 28.0 Å². The highest BCUT2D eigenvalue weighted by molar-refractivity contribution is 6.30. The van der Waals surface area contributed by atoms with Crippen LogP contribution in [0.3, 0.4) is 0 Å². The van der Waals surface area contributed by atoms with E-state index in [1.165, 1.54) is 16.8 Å². The molecule has 1 aliphatic heterocycles. The molecule has 2 aromatic carbocycles. The number of benzene rings is 2. The van der Waals surface area contributed by atoms with Crippen molar-refractivity contribution in [3.05, 3.63) is 83.6 Å². The van der Waals surface area contributed by atoms with Crippen LogP contribution in [0.15, 0.2) is 78.2 Å². The summed E-state index contributed by atoms with van der Waals surface area (Å²) in [5.74, 6) is 0. The topological polar surface area (TPSA) is 68.8 Å². The van der Waals surface area contributed by atoms with E-state index in [1.54, 1.807) is 0 Å². The zero-order chi connectivity index (χ0) is 21.9. The number of nitrogens with zero attached hydrogens (tertiary/aromatic N) is 4. The van der Waals surface area contributed by atoms with Gasteiger partial charge in [-0.05, 0) is 48.2 Å². The van der Waals surface area contributed by atoms with Crippen LogP contribution in [0.2, 0.25) is 5.02 Å². The smallest absolute Gasteiger partial charge is 0.137 e. The van der Waals surface area contributed by atoms with Crippen LogP contribution in [0, 0.1) is 5.53 Å². The van der Waals surface area contributed by atoms with E-state index >= 15 is 0 Å². The van der Waals surface area contributed by atoms with E-state index in [0.717, 1.165) is 54.4 Å². The van der Waals surface area contributed by atoms with Crippen LogP contribution in [-0.4, -0.2) is 33.4 Å². The molecule has 0 radical (unpaired) electrons. The Balaban J connectivity index is 1.54. The molecular weight excluding hydrogens is 420 g/mol. The van der Waals surface area contributed by atoms with Gasteiger partial charge in [0.15, 0.2) is 0 Å². The Morgan fingerprint density at radius 1 is 0.938 bits per heavy atom. The summed E-state index contributed by atoms with van der Waals surface area (Å²) in [5, 5.41) is 4.08. The number of rotatable bonds is 6. The van der Waals surface area contributed by atoms with Gasteiger partial charge >= 0.3 is 0 Å². The largest absolute Gasteiger partial charge is 0.301 e. The molecule has 7 heteroatoms. The van der Waals surface area contributed by atoms with Crippen molar-refractivity contribution in [3.63, 3.8) is 0 Å². The van der Waals surface area contributed by atoms with Crippen LogP contribution in [0.1, 0.15) is 18.5 Å². The Morgan fingerprint density at radius 2 is 1.66 bits per heavy atom. The number of halogens is 1. The van der Waals surface area contributed by atoms with Gasteiger partial charge in [0.05, 0.1) is 11.4 Å². The maximum Gasteiger partial charge on any atom is 0.137 e. The normalized spacial score (nSPS) is 15.2. The third kappa shape index (κ3) is 4.24. The molecule has 6 nitrogen and oxygen atoms in total. The molecule has 1 saturated heterocycles. The average molecular weight is 445 g/mol. The minimum Gasteiger partial charge on any atom is -0.301 e. The van der Waals surface area contributed by atoms with Crippen LogP contribution >= 0.6 is 11.6 Å². The highest BCUT2D eigenvalue weighted by atomic mass is 35.5. The monoisotopic (exact) mass is 444 g/mol. The average Bonchev–Trinajstić information content (AvgIpc) is 3.19. The molecule has 0 saturated carbocycles. The summed E-state index contributed by atoms with van der Waals surface area (Å²) in [7, 11) is 0. The number of hydrogen-bond donors (Lipinski definition) is 2. The summed E-state index contributed by atoms with van der Waals surface area (Å²) in [6, 6.07) is 22.9. The summed E-state index contributed by atoms with van der Waals surface area (Å²) in [4.78, 5) is 7.46. The maximum atomic E-state index is 7.05. The molecule has 162 valence electrons. The summed E-state index contributed by atoms with van der Waals surface area (Å²) in [5.41, 5.74) is 16.5. The van der Waals surface area contributed by atoms with E-state index in [0.29, 0.717) is 0 Å². The number of piperidine rings is 1. The van der Waals surface area contributed by atoms with Crippen molar-refractivity contribution in [1.82, 2.24) is 19.7 Å². The molecule has 2 aromatic heterocycles. The van der Waals surface area contributed by atoms with E-state index < -0.39 is 0 Å². The van der Waals surface area contributed by atoms with Crippen LogP contribution in [0.5, 0.6) is 0 Å². The minimum absolute atomic E-state index is 0.284. The number of pyridine rings is 1. The van der Waals surface area contributed by atoms with E-state index in [-0.39, 0.29) is 6.04 Å². The van der Waals surface area contributed by atoms with Gasteiger partial charge in [0, 0.05) is 42.5 Å². The molecule has 2 N–H and O–H groups in total. The molecule has 0 aliphatic carbocycles. The molecule has 0 unspecified atom stereocenters. The fraction of sp³-hybridized carbons (Fsp3) is 0.240. The molecule has 0 bridgehead atoms. The standard InChI is InChI=1S/C25H25ClN6/c26-21-9-6-19(7-10-21)25-23(17-31-14-12-22(13-15-31)29-30-27)32-16-20(8-11-24(32)28-25)18-4-2-1-3-5-18/h1-11,16,22H,12-15,17H2,(H2,27,29). The Morgan fingerprint density at radius 3 is 2.38 bits per heavy atom. The van der Waals surface area contributed by atoms with Crippen molar-refractivity contribution in [2.24, 2.45) is 5.22 Å². The molecule has 3 heterocycles. The van der Waals surface area contributed by atoms with Gasteiger partial charge in [-0.1, -0.05) is 59.3 Å². The Kier molecular flexibility index (Phi) is 5.88. The van der Waals surface area contributed by atoms with Crippen molar-refractivity contribution in [2.75, 3.05) is 13.1 Å². The quantitative estimate of drug-likeness (QED) is 0.290.